The van der Waals surface area contributed by atoms with Gasteiger partial charge < -0.3 is 9.64 Å². The molecule has 1 saturated heterocycles. The normalized spacial score (nSPS) is 19.0. The molecule has 3 rings (SSSR count). The Morgan fingerprint density at radius 2 is 2.29 bits per heavy atom. The minimum Gasteiger partial charge on any atom is -0.377 e. The van der Waals surface area contributed by atoms with Crippen LogP contribution in [0.3, 0.4) is 0 Å². The third kappa shape index (κ3) is 2.54. The van der Waals surface area contributed by atoms with Gasteiger partial charge in [-0.1, -0.05) is 11.6 Å². The highest BCUT2D eigenvalue weighted by Crippen LogP contribution is 2.17. The summed E-state index contributed by atoms with van der Waals surface area (Å²) in [7, 11) is 1.77. The smallest absolute Gasteiger partial charge is 0.299 e. The van der Waals surface area contributed by atoms with Crippen molar-refractivity contribution in [2.45, 2.75) is 13.0 Å². The van der Waals surface area contributed by atoms with Gasteiger partial charge in [-0.05, 0) is 6.92 Å². The zero-order chi connectivity index (χ0) is 15.0. The quantitative estimate of drug-likeness (QED) is 0.822. The van der Waals surface area contributed by atoms with Crippen molar-refractivity contribution in [3.8, 4) is 5.82 Å². The summed E-state index contributed by atoms with van der Waals surface area (Å²) in [5.74, 6) is 0.992. The standard InChI is InChI=1S/C13H16ClN5O2/c1-9-8-21-6-5-18(9)12-13(20)19(7-10(14)16-12)11-3-4-15-17(11)2/h3-4,7,9H,5-6,8H2,1-2H3/t9-/m1/s1. The van der Waals surface area contributed by atoms with Gasteiger partial charge in [0.05, 0.1) is 31.6 Å². The van der Waals surface area contributed by atoms with Crippen molar-refractivity contribution < 1.29 is 4.74 Å². The molecule has 2 aromatic rings. The summed E-state index contributed by atoms with van der Waals surface area (Å²) in [5.41, 5.74) is -0.211. The lowest BCUT2D eigenvalue weighted by Crippen LogP contribution is -2.47. The van der Waals surface area contributed by atoms with Gasteiger partial charge >= 0.3 is 0 Å². The van der Waals surface area contributed by atoms with E-state index in [0.717, 1.165) is 0 Å². The Morgan fingerprint density at radius 3 is 2.95 bits per heavy atom. The third-order valence-electron chi connectivity index (χ3n) is 3.54. The van der Waals surface area contributed by atoms with Crippen LogP contribution in [-0.2, 0) is 11.8 Å². The summed E-state index contributed by atoms with van der Waals surface area (Å²) in [6, 6.07) is 1.84. The van der Waals surface area contributed by atoms with Crippen LogP contribution < -0.4 is 10.5 Å². The summed E-state index contributed by atoms with van der Waals surface area (Å²) >= 11 is 6.10. The fourth-order valence-corrected chi connectivity index (χ4v) is 2.63. The van der Waals surface area contributed by atoms with E-state index in [4.69, 9.17) is 16.3 Å². The molecule has 7 nitrogen and oxygen atoms in total. The maximum absolute atomic E-state index is 12.7. The zero-order valence-electron chi connectivity index (χ0n) is 11.9. The van der Waals surface area contributed by atoms with Crippen LogP contribution in [0.4, 0.5) is 5.82 Å². The molecule has 1 fully saturated rings. The van der Waals surface area contributed by atoms with Gasteiger partial charge in [-0.2, -0.15) is 5.10 Å². The Hall–Kier alpha value is -1.86. The number of halogens is 1. The second kappa shape index (κ2) is 5.50. The van der Waals surface area contributed by atoms with E-state index in [-0.39, 0.29) is 16.8 Å². The lowest BCUT2D eigenvalue weighted by molar-refractivity contribution is 0.0983. The molecule has 0 aliphatic carbocycles. The molecule has 8 heteroatoms. The largest absolute Gasteiger partial charge is 0.377 e. The van der Waals surface area contributed by atoms with Crippen LogP contribution in [-0.4, -0.2) is 45.1 Å². The molecule has 2 aromatic heterocycles. The summed E-state index contributed by atoms with van der Waals surface area (Å²) in [6.45, 7) is 3.76. The monoisotopic (exact) mass is 309 g/mol. The van der Waals surface area contributed by atoms with Gasteiger partial charge in [0.1, 0.15) is 11.0 Å². The third-order valence-corrected chi connectivity index (χ3v) is 3.72. The number of aromatic nitrogens is 4. The van der Waals surface area contributed by atoms with Crippen molar-refractivity contribution in [1.29, 1.82) is 0 Å². The van der Waals surface area contributed by atoms with Crippen molar-refractivity contribution in [2.24, 2.45) is 7.05 Å². The van der Waals surface area contributed by atoms with E-state index < -0.39 is 0 Å². The lowest BCUT2D eigenvalue weighted by atomic mass is 10.2. The molecule has 0 unspecified atom stereocenters. The highest BCUT2D eigenvalue weighted by atomic mass is 35.5. The zero-order valence-corrected chi connectivity index (χ0v) is 12.6. The van der Waals surface area contributed by atoms with E-state index >= 15 is 0 Å². The van der Waals surface area contributed by atoms with Gasteiger partial charge in [-0.25, -0.2) is 4.98 Å². The molecule has 0 saturated carbocycles. The van der Waals surface area contributed by atoms with Gasteiger partial charge in [0.2, 0.25) is 0 Å². The Kier molecular flexibility index (Phi) is 3.69. The highest BCUT2D eigenvalue weighted by molar-refractivity contribution is 6.29. The molecule has 1 aliphatic heterocycles. The number of aryl methyl sites for hydroxylation is 1. The molecule has 3 heterocycles. The van der Waals surface area contributed by atoms with Gasteiger partial charge in [0.15, 0.2) is 5.82 Å². The van der Waals surface area contributed by atoms with E-state index in [1.807, 2.05) is 11.8 Å². The number of anilines is 1. The summed E-state index contributed by atoms with van der Waals surface area (Å²) < 4.78 is 8.49. The average Bonchev–Trinajstić information content (AvgIpc) is 2.88. The predicted molar refractivity (Wildman–Crippen MR) is 79.2 cm³/mol. The van der Waals surface area contributed by atoms with E-state index in [1.165, 1.54) is 10.8 Å². The van der Waals surface area contributed by atoms with Gasteiger partial charge in [-0.3, -0.25) is 14.0 Å². The van der Waals surface area contributed by atoms with Crippen molar-refractivity contribution in [2.75, 3.05) is 24.7 Å². The highest BCUT2D eigenvalue weighted by Gasteiger charge is 2.24. The molecular formula is C13H16ClN5O2. The molecule has 112 valence electrons. The number of rotatable bonds is 2. The van der Waals surface area contributed by atoms with Crippen molar-refractivity contribution in [3.05, 3.63) is 34.0 Å². The van der Waals surface area contributed by atoms with E-state index in [1.54, 1.807) is 24.0 Å². The molecule has 0 radical (unpaired) electrons. The molecule has 0 N–H and O–H groups in total. The minimum atomic E-state index is -0.211. The first-order valence-electron chi connectivity index (χ1n) is 6.70. The Bertz CT molecular complexity index is 711. The Morgan fingerprint density at radius 1 is 1.48 bits per heavy atom. The number of hydrogen-bond donors (Lipinski definition) is 0. The Labute approximate surface area is 126 Å². The molecular weight excluding hydrogens is 294 g/mol. The maximum atomic E-state index is 12.7. The van der Waals surface area contributed by atoms with Gasteiger partial charge in [-0.15, -0.1) is 0 Å². The van der Waals surface area contributed by atoms with Crippen molar-refractivity contribution >= 4 is 17.4 Å². The Balaban J connectivity index is 2.12. The van der Waals surface area contributed by atoms with E-state index in [0.29, 0.717) is 31.4 Å². The molecule has 0 aromatic carbocycles. The van der Waals surface area contributed by atoms with Crippen molar-refractivity contribution in [1.82, 2.24) is 19.3 Å². The number of nitrogens with zero attached hydrogens (tertiary/aromatic N) is 5. The fraction of sp³-hybridized carbons (Fsp3) is 0.462. The molecule has 1 aliphatic rings. The topological polar surface area (TPSA) is 65.2 Å². The molecule has 1 atom stereocenters. The number of ether oxygens (including phenoxy) is 1. The average molecular weight is 310 g/mol. The van der Waals surface area contributed by atoms with E-state index in [9.17, 15) is 4.79 Å². The van der Waals surface area contributed by atoms with Crippen LogP contribution in [0.1, 0.15) is 6.92 Å². The first kappa shape index (κ1) is 14.1. The number of hydrogen-bond acceptors (Lipinski definition) is 5. The number of morpholine rings is 1. The predicted octanol–water partition coefficient (Wildman–Crippen LogP) is 0.844. The summed E-state index contributed by atoms with van der Waals surface area (Å²) in [5, 5.41) is 4.35. The first-order chi connectivity index (χ1) is 10.1. The second-order valence-corrected chi connectivity index (χ2v) is 5.38. The van der Waals surface area contributed by atoms with Crippen LogP contribution in [0.5, 0.6) is 0 Å². The van der Waals surface area contributed by atoms with Crippen LogP contribution in [0.2, 0.25) is 5.15 Å². The van der Waals surface area contributed by atoms with Gasteiger partial charge in [0.25, 0.3) is 5.56 Å². The van der Waals surface area contributed by atoms with Crippen molar-refractivity contribution in [3.63, 3.8) is 0 Å². The molecule has 0 spiro atoms. The molecule has 0 amide bonds. The lowest BCUT2D eigenvalue weighted by Gasteiger charge is -2.33. The fourth-order valence-electron chi connectivity index (χ4n) is 2.45. The van der Waals surface area contributed by atoms with Gasteiger partial charge in [0, 0.05) is 19.7 Å². The summed E-state index contributed by atoms with van der Waals surface area (Å²) in [6.07, 6.45) is 3.14. The minimum absolute atomic E-state index is 0.0809. The molecule has 21 heavy (non-hydrogen) atoms. The van der Waals surface area contributed by atoms with E-state index in [2.05, 4.69) is 10.1 Å². The van der Waals surface area contributed by atoms with Crippen LogP contribution in [0.15, 0.2) is 23.3 Å². The second-order valence-electron chi connectivity index (χ2n) is 4.99. The SMILES string of the molecule is C[C@@H]1COCCN1c1nc(Cl)cn(-c2ccnn2C)c1=O. The van der Waals surface area contributed by atoms with Crippen LogP contribution >= 0.6 is 11.6 Å². The van der Waals surface area contributed by atoms with Crippen LogP contribution in [0, 0.1) is 0 Å². The van der Waals surface area contributed by atoms with Crippen LogP contribution in [0.25, 0.3) is 5.82 Å². The summed E-state index contributed by atoms with van der Waals surface area (Å²) in [4.78, 5) is 18.9. The first-order valence-corrected chi connectivity index (χ1v) is 7.07. The molecule has 0 bridgehead atoms. The maximum Gasteiger partial charge on any atom is 0.299 e.